The van der Waals surface area contributed by atoms with Crippen LogP contribution in [0.1, 0.15) is 37.3 Å². The standard InChI is InChI=1S/C25H33N3O5S/c1-3-12-34(31,32)26-19-15-27(16-19)20-10-11-24-22(14-20)21(13-18-8-6-5-7-9-18)23(17-33-24)28(4-2)25(29)30/h5-11,14,19,21,23,26H,3-4,12-13,15-17H2,1-2H3,(H,29,30)/t21-,23+/m0/s1. The van der Waals surface area contributed by atoms with Crippen LogP contribution in [0.5, 0.6) is 5.75 Å². The summed E-state index contributed by atoms with van der Waals surface area (Å²) in [5.74, 6) is 0.866. The van der Waals surface area contributed by atoms with Crippen molar-refractivity contribution in [2.24, 2.45) is 0 Å². The Kier molecular flexibility index (Phi) is 7.33. The van der Waals surface area contributed by atoms with E-state index in [0.29, 0.717) is 39.1 Å². The van der Waals surface area contributed by atoms with E-state index in [1.54, 1.807) is 0 Å². The van der Waals surface area contributed by atoms with Crippen molar-refractivity contribution in [1.29, 1.82) is 0 Å². The number of hydrogen-bond acceptors (Lipinski definition) is 5. The van der Waals surface area contributed by atoms with Crippen LogP contribution in [0, 0.1) is 0 Å². The number of nitrogens with zero attached hydrogens (tertiary/aromatic N) is 2. The van der Waals surface area contributed by atoms with Crippen molar-refractivity contribution < 1.29 is 23.1 Å². The number of anilines is 1. The number of fused-ring (bicyclic) bond motifs is 1. The minimum atomic E-state index is -3.24. The summed E-state index contributed by atoms with van der Waals surface area (Å²) in [6.45, 7) is 5.60. The first-order valence-electron chi connectivity index (χ1n) is 11.9. The molecule has 0 aliphatic carbocycles. The number of amides is 1. The van der Waals surface area contributed by atoms with E-state index in [-0.39, 0.29) is 23.8 Å². The van der Waals surface area contributed by atoms with Crippen molar-refractivity contribution in [3.8, 4) is 5.75 Å². The largest absolute Gasteiger partial charge is 0.491 e. The second-order valence-corrected chi connectivity index (χ2v) is 10.9. The summed E-state index contributed by atoms with van der Waals surface area (Å²) in [7, 11) is -3.24. The molecule has 2 aliphatic heterocycles. The monoisotopic (exact) mass is 487 g/mol. The number of hydrogen-bond donors (Lipinski definition) is 2. The van der Waals surface area contributed by atoms with E-state index in [9.17, 15) is 18.3 Å². The fourth-order valence-corrected chi connectivity index (χ4v) is 6.24. The van der Waals surface area contributed by atoms with E-state index in [2.05, 4.69) is 27.8 Å². The Labute approximate surface area is 201 Å². The molecule has 1 saturated heterocycles. The maximum absolute atomic E-state index is 12.1. The van der Waals surface area contributed by atoms with Gasteiger partial charge in [0.1, 0.15) is 12.4 Å². The first kappa shape index (κ1) is 24.3. The third kappa shape index (κ3) is 5.31. The SMILES string of the molecule is CCCS(=O)(=O)NC1CN(c2ccc3c(c2)[C@H](Cc2ccccc2)[C@H](N(CC)C(=O)O)CO3)C1. The lowest BCUT2D eigenvalue weighted by molar-refractivity contribution is 0.0850. The highest BCUT2D eigenvalue weighted by molar-refractivity contribution is 7.89. The zero-order valence-corrected chi connectivity index (χ0v) is 20.5. The molecule has 2 aliphatic rings. The van der Waals surface area contributed by atoms with Crippen LogP contribution >= 0.6 is 0 Å². The van der Waals surface area contributed by atoms with E-state index in [1.807, 2.05) is 44.2 Å². The number of nitrogens with one attached hydrogen (secondary N) is 1. The minimum Gasteiger partial charge on any atom is -0.491 e. The second-order valence-electron chi connectivity index (χ2n) is 9.00. The van der Waals surface area contributed by atoms with Gasteiger partial charge in [0.05, 0.1) is 17.8 Å². The molecule has 34 heavy (non-hydrogen) atoms. The smallest absolute Gasteiger partial charge is 0.407 e. The van der Waals surface area contributed by atoms with Gasteiger partial charge in [-0.15, -0.1) is 0 Å². The molecule has 4 rings (SSSR count). The Morgan fingerprint density at radius 3 is 2.56 bits per heavy atom. The Bertz CT molecular complexity index is 1100. The minimum absolute atomic E-state index is 0.0534. The Balaban J connectivity index is 1.58. The maximum Gasteiger partial charge on any atom is 0.407 e. The topological polar surface area (TPSA) is 99.2 Å². The van der Waals surface area contributed by atoms with E-state index in [0.717, 1.165) is 22.6 Å². The molecule has 0 aromatic heterocycles. The van der Waals surface area contributed by atoms with Crippen molar-refractivity contribution in [2.75, 3.05) is 36.9 Å². The highest BCUT2D eigenvalue weighted by Crippen LogP contribution is 2.41. The number of benzene rings is 2. The van der Waals surface area contributed by atoms with Gasteiger partial charge in [-0.25, -0.2) is 17.9 Å². The molecule has 0 bridgehead atoms. The predicted molar refractivity (Wildman–Crippen MR) is 132 cm³/mol. The lowest BCUT2D eigenvalue weighted by atomic mass is 9.83. The quantitative estimate of drug-likeness (QED) is 0.563. The zero-order valence-electron chi connectivity index (χ0n) is 19.7. The third-order valence-corrected chi connectivity index (χ3v) is 8.26. The molecule has 1 fully saturated rings. The molecule has 2 atom stereocenters. The molecule has 0 radical (unpaired) electrons. The van der Waals surface area contributed by atoms with Gasteiger partial charge in [0, 0.05) is 36.8 Å². The highest BCUT2D eigenvalue weighted by Gasteiger charge is 2.38. The van der Waals surface area contributed by atoms with Crippen LogP contribution in [-0.2, 0) is 16.4 Å². The van der Waals surface area contributed by atoms with Crippen LogP contribution in [0.3, 0.4) is 0 Å². The Hall–Kier alpha value is -2.78. The van der Waals surface area contributed by atoms with Crippen LogP contribution in [0.2, 0.25) is 0 Å². The van der Waals surface area contributed by atoms with Gasteiger partial charge in [-0.1, -0.05) is 37.3 Å². The average Bonchev–Trinajstić information content (AvgIpc) is 2.78. The lowest BCUT2D eigenvalue weighted by Gasteiger charge is -2.43. The molecule has 0 saturated carbocycles. The maximum atomic E-state index is 12.1. The fraction of sp³-hybridized carbons (Fsp3) is 0.480. The van der Waals surface area contributed by atoms with Gasteiger partial charge in [-0.3, -0.25) is 0 Å². The molecule has 1 amide bonds. The summed E-state index contributed by atoms with van der Waals surface area (Å²) in [5, 5.41) is 9.81. The second kappa shape index (κ2) is 10.2. The van der Waals surface area contributed by atoms with Crippen molar-refractivity contribution in [1.82, 2.24) is 9.62 Å². The molecule has 184 valence electrons. The Morgan fingerprint density at radius 1 is 1.18 bits per heavy atom. The lowest BCUT2D eigenvalue weighted by Crippen LogP contribution is -2.59. The van der Waals surface area contributed by atoms with Crippen molar-refractivity contribution in [3.05, 3.63) is 59.7 Å². The van der Waals surface area contributed by atoms with Crippen LogP contribution in [0.25, 0.3) is 0 Å². The van der Waals surface area contributed by atoms with Gasteiger partial charge >= 0.3 is 6.09 Å². The summed E-state index contributed by atoms with van der Waals surface area (Å²) in [4.78, 5) is 15.6. The molecule has 9 heteroatoms. The zero-order chi connectivity index (χ0) is 24.3. The van der Waals surface area contributed by atoms with E-state index >= 15 is 0 Å². The predicted octanol–water partition coefficient (Wildman–Crippen LogP) is 3.29. The first-order chi connectivity index (χ1) is 16.3. The first-order valence-corrected chi connectivity index (χ1v) is 13.5. The molecular weight excluding hydrogens is 454 g/mol. The van der Waals surface area contributed by atoms with E-state index < -0.39 is 16.1 Å². The number of sulfonamides is 1. The van der Waals surface area contributed by atoms with Crippen molar-refractivity contribution in [3.63, 3.8) is 0 Å². The van der Waals surface area contributed by atoms with Crippen molar-refractivity contribution in [2.45, 2.75) is 44.7 Å². The van der Waals surface area contributed by atoms with Crippen LogP contribution in [-0.4, -0.2) is 68.6 Å². The summed E-state index contributed by atoms with van der Waals surface area (Å²) < 4.78 is 32.9. The normalized spacial score (nSPS) is 20.2. The van der Waals surface area contributed by atoms with Crippen LogP contribution in [0.15, 0.2) is 48.5 Å². The van der Waals surface area contributed by atoms with Gasteiger partial charge in [0.15, 0.2) is 0 Å². The summed E-state index contributed by atoms with van der Waals surface area (Å²) in [5.41, 5.74) is 3.13. The van der Waals surface area contributed by atoms with Crippen LogP contribution < -0.4 is 14.4 Å². The summed E-state index contributed by atoms with van der Waals surface area (Å²) >= 11 is 0. The molecular formula is C25H33N3O5S. The Morgan fingerprint density at radius 2 is 1.91 bits per heavy atom. The number of carboxylic acid groups (broad SMARTS) is 1. The number of rotatable bonds is 9. The van der Waals surface area contributed by atoms with Crippen LogP contribution in [0.4, 0.5) is 10.5 Å². The third-order valence-electron chi connectivity index (χ3n) is 6.62. The number of ether oxygens (including phenoxy) is 1. The number of carbonyl (C=O) groups is 1. The van der Waals surface area contributed by atoms with Gasteiger partial charge in [-0.2, -0.15) is 0 Å². The molecule has 0 spiro atoms. The van der Waals surface area contributed by atoms with E-state index in [1.165, 1.54) is 4.90 Å². The highest BCUT2D eigenvalue weighted by atomic mass is 32.2. The van der Waals surface area contributed by atoms with Gasteiger partial charge in [-0.05, 0) is 43.5 Å². The van der Waals surface area contributed by atoms with Gasteiger partial charge < -0.3 is 19.6 Å². The molecule has 2 heterocycles. The molecule has 2 aromatic rings. The average molecular weight is 488 g/mol. The molecule has 0 unspecified atom stereocenters. The van der Waals surface area contributed by atoms with Crippen molar-refractivity contribution >= 4 is 21.8 Å². The van der Waals surface area contributed by atoms with Gasteiger partial charge in [0.2, 0.25) is 10.0 Å². The fourth-order valence-electron chi connectivity index (χ4n) is 4.93. The summed E-state index contributed by atoms with van der Waals surface area (Å²) in [6.07, 6.45) is 0.346. The summed E-state index contributed by atoms with van der Waals surface area (Å²) in [6, 6.07) is 15.7. The van der Waals surface area contributed by atoms with Gasteiger partial charge in [0.25, 0.3) is 0 Å². The molecule has 2 aromatic carbocycles. The van der Waals surface area contributed by atoms with E-state index in [4.69, 9.17) is 4.74 Å². The molecule has 8 nitrogen and oxygen atoms in total. The number of likely N-dealkylation sites (N-methyl/N-ethyl adjacent to an activating group) is 1. The molecule has 2 N–H and O–H groups in total.